The maximum absolute atomic E-state index is 12.5. The Kier molecular flexibility index (Phi) is 4.21. The molecule has 23 heavy (non-hydrogen) atoms. The average Bonchev–Trinajstić information content (AvgIpc) is 2.54. The zero-order valence-electron chi connectivity index (χ0n) is 12.6. The lowest BCUT2D eigenvalue weighted by Gasteiger charge is -2.29. The van der Waals surface area contributed by atoms with E-state index in [0.717, 1.165) is 11.3 Å². The van der Waals surface area contributed by atoms with Crippen molar-refractivity contribution in [3.8, 4) is 0 Å². The van der Waals surface area contributed by atoms with E-state index in [4.69, 9.17) is 11.6 Å². The Morgan fingerprint density at radius 1 is 1.30 bits per heavy atom. The van der Waals surface area contributed by atoms with Crippen LogP contribution in [-0.2, 0) is 9.59 Å². The maximum Gasteiger partial charge on any atom is 0.246 e. The number of nitrogens with one attached hydrogen (secondary N) is 2. The fourth-order valence-corrected chi connectivity index (χ4v) is 2.61. The molecule has 2 amide bonds. The summed E-state index contributed by atoms with van der Waals surface area (Å²) in [5, 5.41) is 6.45. The first-order valence-electron chi connectivity index (χ1n) is 7.24. The molecule has 2 aromatic carbocycles. The number of para-hydroxylation sites is 2. The summed E-state index contributed by atoms with van der Waals surface area (Å²) in [6.45, 7) is 2.02. The van der Waals surface area contributed by atoms with E-state index in [1.807, 2.05) is 37.3 Å². The number of carbonyl (C=O) groups is 2. The van der Waals surface area contributed by atoms with E-state index in [0.29, 0.717) is 16.4 Å². The van der Waals surface area contributed by atoms with Gasteiger partial charge in [-0.2, -0.15) is 0 Å². The number of amides is 2. The average molecular weight is 330 g/mol. The zero-order chi connectivity index (χ0) is 16.4. The molecule has 0 saturated carbocycles. The summed E-state index contributed by atoms with van der Waals surface area (Å²) in [7, 11) is 0. The lowest BCUT2D eigenvalue weighted by Crippen LogP contribution is -2.44. The van der Waals surface area contributed by atoms with Gasteiger partial charge in [-0.05, 0) is 36.8 Å². The minimum Gasteiger partial charge on any atom is -0.376 e. The van der Waals surface area contributed by atoms with Gasteiger partial charge in [0, 0.05) is 10.7 Å². The van der Waals surface area contributed by atoms with Crippen LogP contribution in [0.1, 0.15) is 5.56 Å². The topological polar surface area (TPSA) is 61.4 Å². The van der Waals surface area contributed by atoms with Crippen molar-refractivity contribution in [3.05, 3.63) is 53.1 Å². The third-order valence-electron chi connectivity index (χ3n) is 3.69. The second-order valence-electron chi connectivity index (χ2n) is 5.36. The number of hydrogen-bond acceptors (Lipinski definition) is 3. The second kappa shape index (κ2) is 6.30. The molecule has 1 aliphatic rings. The van der Waals surface area contributed by atoms with Gasteiger partial charge in [0.25, 0.3) is 0 Å². The molecule has 0 atom stereocenters. The number of fused-ring (bicyclic) bond motifs is 1. The van der Waals surface area contributed by atoms with Crippen LogP contribution in [0, 0.1) is 6.92 Å². The number of nitrogens with zero attached hydrogens (tertiary/aromatic N) is 1. The van der Waals surface area contributed by atoms with Crippen molar-refractivity contribution in [1.82, 2.24) is 0 Å². The number of benzene rings is 2. The fraction of sp³-hybridized carbons (Fsp3) is 0.176. The van der Waals surface area contributed by atoms with Crippen LogP contribution in [0.3, 0.4) is 0 Å². The zero-order valence-corrected chi connectivity index (χ0v) is 13.4. The normalized spacial score (nSPS) is 13.3. The number of rotatable bonds is 3. The van der Waals surface area contributed by atoms with Crippen LogP contribution < -0.4 is 15.5 Å². The van der Waals surface area contributed by atoms with Crippen molar-refractivity contribution in [1.29, 1.82) is 0 Å². The van der Waals surface area contributed by atoms with Crippen molar-refractivity contribution in [2.45, 2.75) is 6.92 Å². The van der Waals surface area contributed by atoms with Crippen molar-refractivity contribution >= 4 is 40.5 Å². The van der Waals surface area contributed by atoms with Crippen molar-refractivity contribution < 1.29 is 9.59 Å². The van der Waals surface area contributed by atoms with E-state index >= 15 is 0 Å². The van der Waals surface area contributed by atoms with Gasteiger partial charge >= 0.3 is 0 Å². The summed E-state index contributed by atoms with van der Waals surface area (Å²) >= 11 is 6.08. The number of halogens is 1. The van der Waals surface area contributed by atoms with Crippen LogP contribution in [0.5, 0.6) is 0 Å². The predicted octanol–water partition coefficient (Wildman–Crippen LogP) is 3.05. The summed E-state index contributed by atoms with van der Waals surface area (Å²) in [5.74, 6) is -0.376. The first kappa shape index (κ1) is 15.4. The smallest absolute Gasteiger partial charge is 0.246 e. The quantitative estimate of drug-likeness (QED) is 0.909. The minimum absolute atomic E-state index is 0.0200. The third kappa shape index (κ3) is 3.29. The van der Waals surface area contributed by atoms with Gasteiger partial charge in [-0.1, -0.05) is 29.8 Å². The summed E-state index contributed by atoms with van der Waals surface area (Å²) in [4.78, 5) is 25.7. The largest absolute Gasteiger partial charge is 0.376 e. The predicted molar refractivity (Wildman–Crippen MR) is 92.1 cm³/mol. The van der Waals surface area contributed by atoms with Gasteiger partial charge in [-0.15, -0.1) is 0 Å². The van der Waals surface area contributed by atoms with E-state index in [1.165, 1.54) is 4.90 Å². The molecule has 0 fully saturated rings. The highest BCUT2D eigenvalue weighted by Crippen LogP contribution is 2.29. The van der Waals surface area contributed by atoms with Gasteiger partial charge in [0.05, 0.1) is 17.9 Å². The van der Waals surface area contributed by atoms with Crippen LogP contribution in [0.15, 0.2) is 42.5 Å². The SMILES string of the molecule is Cc1ccc(NCC(=O)N2CC(=O)Nc3ccccc32)cc1Cl. The highest BCUT2D eigenvalue weighted by molar-refractivity contribution is 6.31. The van der Waals surface area contributed by atoms with Crippen LogP contribution in [0.25, 0.3) is 0 Å². The molecule has 0 unspecified atom stereocenters. The fourth-order valence-electron chi connectivity index (χ4n) is 2.43. The lowest BCUT2D eigenvalue weighted by molar-refractivity contribution is -0.120. The molecule has 1 heterocycles. The van der Waals surface area contributed by atoms with E-state index < -0.39 is 0 Å². The number of hydrogen-bond donors (Lipinski definition) is 2. The van der Waals surface area contributed by atoms with E-state index in [2.05, 4.69) is 10.6 Å². The molecular weight excluding hydrogens is 314 g/mol. The maximum atomic E-state index is 12.5. The Balaban J connectivity index is 1.73. The van der Waals surface area contributed by atoms with Gasteiger partial charge in [-0.3, -0.25) is 14.5 Å². The molecule has 6 heteroatoms. The van der Waals surface area contributed by atoms with Gasteiger partial charge < -0.3 is 10.6 Å². The molecule has 0 aliphatic carbocycles. The Labute approximate surface area is 139 Å². The van der Waals surface area contributed by atoms with Crippen molar-refractivity contribution in [3.63, 3.8) is 0 Å². The summed E-state index contributed by atoms with van der Waals surface area (Å²) in [6.07, 6.45) is 0. The molecule has 0 bridgehead atoms. The van der Waals surface area contributed by atoms with Crippen LogP contribution >= 0.6 is 11.6 Å². The van der Waals surface area contributed by atoms with Crippen LogP contribution in [-0.4, -0.2) is 24.9 Å². The highest BCUT2D eigenvalue weighted by Gasteiger charge is 2.26. The first-order chi connectivity index (χ1) is 11.0. The van der Waals surface area contributed by atoms with Gasteiger partial charge in [-0.25, -0.2) is 0 Å². The highest BCUT2D eigenvalue weighted by atomic mass is 35.5. The van der Waals surface area contributed by atoms with E-state index in [1.54, 1.807) is 12.1 Å². The number of carbonyl (C=O) groups excluding carboxylic acids is 2. The van der Waals surface area contributed by atoms with Gasteiger partial charge in [0.1, 0.15) is 6.54 Å². The molecule has 118 valence electrons. The molecule has 2 aromatic rings. The van der Waals surface area contributed by atoms with Crippen molar-refractivity contribution in [2.75, 3.05) is 28.6 Å². The van der Waals surface area contributed by atoms with Crippen molar-refractivity contribution in [2.24, 2.45) is 0 Å². The Bertz CT molecular complexity index is 776. The molecule has 0 radical (unpaired) electrons. The summed E-state index contributed by atoms with van der Waals surface area (Å²) in [5.41, 5.74) is 3.10. The first-order valence-corrected chi connectivity index (χ1v) is 7.61. The molecule has 0 aromatic heterocycles. The van der Waals surface area contributed by atoms with Gasteiger partial charge in [0.15, 0.2) is 0 Å². The van der Waals surface area contributed by atoms with Gasteiger partial charge in [0.2, 0.25) is 11.8 Å². The van der Waals surface area contributed by atoms with E-state index in [-0.39, 0.29) is 24.9 Å². The minimum atomic E-state index is -0.199. The molecule has 0 saturated heterocycles. The second-order valence-corrected chi connectivity index (χ2v) is 5.77. The number of anilines is 3. The van der Waals surface area contributed by atoms with Crippen LogP contribution in [0.2, 0.25) is 5.02 Å². The molecule has 3 rings (SSSR count). The summed E-state index contributed by atoms with van der Waals surface area (Å²) < 4.78 is 0. The Hall–Kier alpha value is -2.53. The molecule has 2 N–H and O–H groups in total. The standard InChI is InChI=1S/C17H16ClN3O2/c1-11-6-7-12(8-13(11)18)19-9-17(23)21-10-16(22)20-14-4-2-3-5-15(14)21/h2-8,19H,9-10H2,1H3,(H,20,22). The molecular formula is C17H16ClN3O2. The summed E-state index contributed by atoms with van der Waals surface area (Å²) in [6, 6.07) is 12.8. The number of aryl methyl sites for hydroxylation is 1. The molecule has 5 nitrogen and oxygen atoms in total. The van der Waals surface area contributed by atoms with Crippen LogP contribution in [0.4, 0.5) is 17.1 Å². The lowest BCUT2D eigenvalue weighted by atomic mass is 10.2. The Morgan fingerprint density at radius 2 is 2.09 bits per heavy atom. The Morgan fingerprint density at radius 3 is 2.87 bits per heavy atom. The third-order valence-corrected chi connectivity index (χ3v) is 4.09. The molecule has 0 spiro atoms. The van der Waals surface area contributed by atoms with E-state index in [9.17, 15) is 9.59 Å². The monoisotopic (exact) mass is 329 g/mol. The molecule has 1 aliphatic heterocycles.